The molecule has 0 fully saturated rings. The third kappa shape index (κ3) is 3.47. The molecule has 0 unspecified atom stereocenters. The monoisotopic (exact) mass is 534 g/mol. The molecule has 42 heavy (non-hydrogen) atoms. The van der Waals surface area contributed by atoms with Gasteiger partial charge in [0.05, 0.1) is 40.9 Å². The minimum absolute atomic E-state index is 0.591. The number of fused-ring (bicyclic) bond motifs is 6. The number of aromatic nitrogens is 2. The van der Waals surface area contributed by atoms with E-state index in [0.717, 1.165) is 44.3 Å². The number of para-hydroxylation sites is 3. The summed E-state index contributed by atoms with van der Waals surface area (Å²) in [6.45, 7) is 15.2. The molecule has 0 saturated heterocycles. The van der Waals surface area contributed by atoms with Gasteiger partial charge in [0.2, 0.25) is 0 Å². The summed E-state index contributed by atoms with van der Waals surface area (Å²) >= 11 is 0. The third-order valence-electron chi connectivity index (χ3n) is 8.13. The van der Waals surface area contributed by atoms with E-state index >= 15 is 0 Å². The molecule has 4 nitrogen and oxygen atoms in total. The molecule has 194 valence electrons. The fourth-order valence-corrected chi connectivity index (χ4v) is 6.32. The van der Waals surface area contributed by atoms with Crippen LogP contribution in [0.5, 0.6) is 0 Å². The van der Waals surface area contributed by atoms with Gasteiger partial charge >= 0.3 is 0 Å². The van der Waals surface area contributed by atoms with Crippen molar-refractivity contribution in [3.63, 3.8) is 0 Å². The van der Waals surface area contributed by atoms with Crippen LogP contribution in [-0.2, 0) is 0 Å². The third-order valence-corrected chi connectivity index (χ3v) is 8.13. The summed E-state index contributed by atoms with van der Waals surface area (Å²) in [7, 11) is 0. The van der Waals surface area contributed by atoms with E-state index in [1.165, 1.54) is 21.8 Å². The SMILES string of the molecule is [C-]#[N+]c1cccc(-n2c3ccc([N+]#[C-])cc3c3ccc(-c4ccccc4-n4c5ccccc5c5ccccc54)cc32)c1. The lowest BCUT2D eigenvalue weighted by atomic mass is 10.0. The smallest absolute Gasteiger partial charge is 0.189 e. The van der Waals surface area contributed by atoms with Gasteiger partial charge in [-0.1, -0.05) is 84.9 Å². The first kappa shape index (κ1) is 23.8. The summed E-state index contributed by atoms with van der Waals surface area (Å²) < 4.78 is 4.57. The standard InChI is InChI=1S/C38H22N4/c1-39-26-10-9-11-28(23-26)41-37-21-19-27(40-2)24-33(37)32-20-18-25(22-38(32)41)29-12-3-6-15-34(29)42-35-16-7-4-13-30(35)31-14-5-8-17-36(31)42/h3-24H. The maximum atomic E-state index is 7.59. The van der Waals surface area contributed by atoms with Gasteiger partial charge in [0.25, 0.3) is 0 Å². The molecule has 8 rings (SSSR count). The highest BCUT2D eigenvalue weighted by Gasteiger charge is 2.18. The fourth-order valence-electron chi connectivity index (χ4n) is 6.32. The van der Waals surface area contributed by atoms with E-state index < -0.39 is 0 Å². The molecule has 8 aromatic rings. The van der Waals surface area contributed by atoms with Crippen LogP contribution >= 0.6 is 0 Å². The summed E-state index contributed by atoms with van der Waals surface area (Å²) in [6.07, 6.45) is 0. The predicted molar refractivity (Wildman–Crippen MR) is 173 cm³/mol. The fraction of sp³-hybridized carbons (Fsp3) is 0. The van der Waals surface area contributed by atoms with Gasteiger partial charge in [-0.2, -0.15) is 0 Å². The van der Waals surface area contributed by atoms with Crippen LogP contribution in [0.2, 0.25) is 0 Å². The summed E-state index contributed by atoms with van der Waals surface area (Å²) in [4.78, 5) is 7.37. The van der Waals surface area contributed by atoms with Gasteiger partial charge in [-0.15, -0.1) is 0 Å². The van der Waals surface area contributed by atoms with Crippen molar-refractivity contribution in [3.8, 4) is 22.5 Å². The van der Waals surface area contributed by atoms with Gasteiger partial charge < -0.3 is 9.13 Å². The number of hydrogen-bond donors (Lipinski definition) is 0. The Morgan fingerprint density at radius 1 is 0.429 bits per heavy atom. The number of benzene rings is 6. The maximum Gasteiger partial charge on any atom is 0.189 e. The van der Waals surface area contributed by atoms with Crippen LogP contribution in [-0.4, -0.2) is 9.13 Å². The average molecular weight is 535 g/mol. The van der Waals surface area contributed by atoms with Crippen molar-refractivity contribution in [2.24, 2.45) is 0 Å². The van der Waals surface area contributed by atoms with Crippen molar-refractivity contribution in [2.45, 2.75) is 0 Å². The Morgan fingerprint density at radius 2 is 1.07 bits per heavy atom. The van der Waals surface area contributed by atoms with Gasteiger partial charge in [-0.25, -0.2) is 9.69 Å². The summed E-state index contributed by atoms with van der Waals surface area (Å²) in [5.41, 5.74) is 9.83. The molecule has 0 radical (unpaired) electrons. The van der Waals surface area contributed by atoms with Gasteiger partial charge in [-0.3, -0.25) is 0 Å². The Labute approximate surface area is 242 Å². The highest BCUT2D eigenvalue weighted by molar-refractivity contribution is 6.12. The minimum Gasteiger partial charge on any atom is -0.311 e. The van der Waals surface area contributed by atoms with E-state index in [0.29, 0.717) is 11.4 Å². The van der Waals surface area contributed by atoms with E-state index in [2.05, 4.69) is 110 Å². The first-order valence-corrected chi connectivity index (χ1v) is 13.8. The molecule has 0 atom stereocenters. The van der Waals surface area contributed by atoms with E-state index in [4.69, 9.17) is 13.1 Å². The van der Waals surface area contributed by atoms with Crippen LogP contribution in [0.25, 0.3) is 75.8 Å². The predicted octanol–water partition coefficient (Wildman–Crippen LogP) is 10.6. The van der Waals surface area contributed by atoms with Gasteiger partial charge in [-0.05, 0) is 59.5 Å². The Hall–Kier alpha value is -6.10. The first-order chi connectivity index (χ1) is 20.7. The Balaban J connectivity index is 1.43. The maximum absolute atomic E-state index is 7.59. The zero-order valence-corrected chi connectivity index (χ0v) is 22.5. The van der Waals surface area contributed by atoms with Crippen LogP contribution in [0.15, 0.2) is 133 Å². The molecule has 0 spiro atoms. The number of rotatable bonds is 3. The summed E-state index contributed by atoms with van der Waals surface area (Å²) in [5.74, 6) is 0. The van der Waals surface area contributed by atoms with Crippen molar-refractivity contribution in [1.29, 1.82) is 0 Å². The van der Waals surface area contributed by atoms with Crippen molar-refractivity contribution in [3.05, 3.63) is 156 Å². The Morgan fingerprint density at radius 3 is 1.83 bits per heavy atom. The second-order valence-corrected chi connectivity index (χ2v) is 10.4. The lowest BCUT2D eigenvalue weighted by Crippen LogP contribution is -1.97. The molecule has 6 aromatic carbocycles. The molecular formula is C38H22N4. The molecule has 0 N–H and O–H groups in total. The second-order valence-electron chi connectivity index (χ2n) is 10.4. The molecule has 2 heterocycles. The molecule has 2 aromatic heterocycles. The van der Waals surface area contributed by atoms with Gasteiger partial charge in [0.1, 0.15) is 0 Å². The van der Waals surface area contributed by atoms with Crippen LogP contribution in [0.3, 0.4) is 0 Å². The van der Waals surface area contributed by atoms with Crippen LogP contribution in [0.4, 0.5) is 11.4 Å². The van der Waals surface area contributed by atoms with E-state index in [1.54, 1.807) is 0 Å². The van der Waals surface area contributed by atoms with Crippen LogP contribution < -0.4 is 0 Å². The molecule has 0 bridgehead atoms. The molecule has 0 saturated carbocycles. The Kier molecular flexibility index (Phi) is 5.22. The summed E-state index contributed by atoms with van der Waals surface area (Å²) in [5, 5.41) is 4.55. The van der Waals surface area contributed by atoms with Crippen LogP contribution in [0.1, 0.15) is 0 Å². The average Bonchev–Trinajstić information content (AvgIpc) is 3.56. The van der Waals surface area contributed by atoms with Crippen molar-refractivity contribution >= 4 is 55.0 Å². The molecule has 0 amide bonds. The second kappa shape index (κ2) is 9.24. The quantitative estimate of drug-likeness (QED) is 0.201. The van der Waals surface area contributed by atoms with Crippen molar-refractivity contribution in [2.75, 3.05) is 0 Å². The minimum atomic E-state index is 0.591. The molecular weight excluding hydrogens is 512 g/mol. The van der Waals surface area contributed by atoms with Crippen molar-refractivity contribution < 1.29 is 0 Å². The molecule has 4 heteroatoms. The van der Waals surface area contributed by atoms with Crippen molar-refractivity contribution in [1.82, 2.24) is 9.13 Å². The number of nitrogens with zero attached hydrogens (tertiary/aromatic N) is 4. The van der Waals surface area contributed by atoms with Crippen LogP contribution in [0, 0.1) is 13.1 Å². The molecule has 0 aliphatic rings. The lowest BCUT2D eigenvalue weighted by molar-refractivity contribution is 1.18. The largest absolute Gasteiger partial charge is 0.311 e. The number of hydrogen-bond acceptors (Lipinski definition) is 0. The topological polar surface area (TPSA) is 18.6 Å². The van der Waals surface area contributed by atoms with E-state index in [9.17, 15) is 0 Å². The Bertz CT molecular complexity index is 2390. The first-order valence-electron chi connectivity index (χ1n) is 13.8. The zero-order chi connectivity index (χ0) is 28.2. The lowest BCUT2D eigenvalue weighted by Gasteiger charge is -2.15. The summed E-state index contributed by atoms with van der Waals surface area (Å²) in [6, 6.07) is 45.8. The highest BCUT2D eigenvalue weighted by Crippen LogP contribution is 2.40. The zero-order valence-electron chi connectivity index (χ0n) is 22.5. The molecule has 0 aliphatic heterocycles. The highest BCUT2D eigenvalue weighted by atomic mass is 15.0. The van der Waals surface area contributed by atoms with Gasteiger partial charge in [0.15, 0.2) is 11.4 Å². The normalized spacial score (nSPS) is 11.3. The van der Waals surface area contributed by atoms with E-state index in [-0.39, 0.29) is 0 Å². The molecule has 0 aliphatic carbocycles. The van der Waals surface area contributed by atoms with Gasteiger partial charge in [0, 0.05) is 27.4 Å². The van der Waals surface area contributed by atoms with E-state index in [1.807, 2.05) is 42.5 Å².